The van der Waals surface area contributed by atoms with Crippen LogP contribution in [0.25, 0.3) is 10.9 Å². The first-order valence-electron chi connectivity index (χ1n) is 10.3. The Morgan fingerprint density at radius 2 is 1.97 bits per heavy atom. The minimum absolute atomic E-state index is 0.0939. The molecule has 32 heavy (non-hydrogen) atoms. The molecule has 0 aliphatic carbocycles. The number of anilines is 1. The Balaban J connectivity index is 1.71. The number of nitrogens with zero attached hydrogens (tertiary/aromatic N) is 2. The van der Waals surface area contributed by atoms with Gasteiger partial charge in [0, 0.05) is 42.0 Å². The Morgan fingerprint density at radius 1 is 1.16 bits per heavy atom. The number of hydrogen-bond donors (Lipinski definition) is 3. The van der Waals surface area contributed by atoms with Gasteiger partial charge >= 0.3 is 0 Å². The molecule has 4 N–H and O–H groups in total. The van der Waals surface area contributed by atoms with E-state index < -0.39 is 0 Å². The number of benzene rings is 2. The number of nitrogen functional groups attached to an aromatic ring is 1. The summed E-state index contributed by atoms with van der Waals surface area (Å²) in [6.45, 7) is 2.79. The zero-order chi connectivity index (χ0) is 22.5. The van der Waals surface area contributed by atoms with Gasteiger partial charge < -0.3 is 25.5 Å². The molecule has 0 bridgehead atoms. The molecule has 8 heteroatoms. The van der Waals surface area contributed by atoms with Crippen molar-refractivity contribution >= 4 is 22.6 Å². The molecule has 1 atom stereocenters. The van der Waals surface area contributed by atoms with Crippen LogP contribution in [0.4, 0.5) is 5.82 Å². The highest BCUT2D eigenvalue weighted by molar-refractivity contribution is 5.96. The van der Waals surface area contributed by atoms with Gasteiger partial charge in [-0.2, -0.15) is 0 Å². The molecule has 0 saturated heterocycles. The first-order chi connectivity index (χ1) is 15.6. The number of amides is 1. The molecule has 8 nitrogen and oxygen atoms in total. The van der Waals surface area contributed by atoms with Crippen LogP contribution in [0.5, 0.6) is 11.5 Å². The number of carbonyl (C=O) groups excluding carboxylic acids is 1. The smallest absolute Gasteiger partial charge is 0.273 e. The topological polar surface area (TPSA) is 115 Å². The lowest BCUT2D eigenvalue weighted by Gasteiger charge is -2.20. The van der Waals surface area contributed by atoms with Gasteiger partial charge in [-0.3, -0.25) is 4.79 Å². The summed E-state index contributed by atoms with van der Waals surface area (Å²) < 4.78 is 11.2. The second-order valence-electron chi connectivity index (χ2n) is 7.19. The molecule has 164 valence electrons. The van der Waals surface area contributed by atoms with Gasteiger partial charge in [0.1, 0.15) is 0 Å². The summed E-state index contributed by atoms with van der Waals surface area (Å²) in [5.74, 6) is 0.874. The SMILES string of the molecule is CCOc1ccc([C@H](CNC(=O)c2nccnc2N)c2c[nH]c3ccccc23)cc1OC. The summed E-state index contributed by atoms with van der Waals surface area (Å²) in [4.78, 5) is 24.1. The first-order valence-corrected chi connectivity index (χ1v) is 10.3. The number of methoxy groups -OCH3 is 1. The Bertz CT molecular complexity index is 1240. The molecule has 0 aliphatic rings. The number of fused-ring (bicyclic) bond motifs is 1. The number of ether oxygens (including phenoxy) is 2. The van der Waals surface area contributed by atoms with Crippen molar-refractivity contribution in [2.45, 2.75) is 12.8 Å². The Kier molecular flexibility index (Phi) is 6.21. The Hall–Kier alpha value is -4.07. The molecule has 0 radical (unpaired) electrons. The van der Waals surface area contributed by atoms with Crippen LogP contribution in [0.15, 0.2) is 61.1 Å². The van der Waals surface area contributed by atoms with Gasteiger partial charge in [0.15, 0.2) is 23.0 Å². The molecule has 1 amide bonds. The lowest BCUT2D eigenvalue weighted by Crippen LogP contribution is -2.30. The second kappa shape index (κ2) is 9.38. The van der Waals surface area contributed by atoms with Gasteiger partial charge in [0.05, 0.1) is 13.7 Å². The molecule has 0 aliphatic heterocycles. The van der Waals surface area contributed by atoms with Crippen LogP contribution in [0.2, 0.25) is 0 Å². The molecule has 2 heterocycles. The molecule has 0 unspecified atom stereocenters. The monoisotopic (exact) mass is 431 g/mol. The van der Waals surface area contributed by atoms with E-state index in [2.05, 4.69) is 26.3 Å². The van der Waals surface area contributed by atoms with E-state index in [9.17, 15) is 4.79 Å². The largest absolute Gasteiger partial charge is 0.493 e. The number of aromatic amines is 1. The second-order valence-corrected chi connectivity index (χ2v) is 7.19. The number of nitrogens with one attached hydrogen (secondary N) is 2. The average molecular weight is 431 g/mol. The van der Waals surface area contributed by atoms with E-state index in [4.69, 9.17) is 15.2 Å². The predicted molar refractivity (Wildman–Crippen MR) is 123 cm³/mol. The summed E-state index contributed by atoms with van der Waals surface area (Å²) in [6, 6.07) is 13.9. The van der Waals surface area contributed by atoms with E-state index in [1.54, 1.807) is 7.11 Å². The summed E-state index contributed by atoms with van der Waals surface area (Å²) in [6.07, 6.45) is 4.87. The first kappa shape index (κ1) is 21.2. The molecule has 2 aromatic carbocycles. The zero-order valence-electron chi connectivity index (χ0n) is 18.0. The number of carbonyl (C=O) groups is 1. The fraction of sp³-hybridized carbons (Fsp3) is 0.208. The summed E-state index contributed by atoms with van der Waals surface area (Å²) in [7, 11) is 1.61. The van der Waals surface area contributed by atoms with Crippen molar-refractivity contribution in [3.63, 3.8) is 0 Å². The minimum Gasteiger partial charge on any atom is -0.493 e. The molecular weight excluding hydrogens is 406 g/mol. The van der Waals surface area contributed by atoms with Crippen LogP contribution in [-0.2, 0) is 0 Å². The van der Waals surface area contributed by atoms with Gasteiger partial charge in [-0.25, -0.2) is 9.97 Å². The highest BCUT2D eigenvalue weighted by atomic mass is 16.5. The van der Waals surface area contributed by atoms with Gasteiger partial charge in [-0.05, 0) is 36.2 Å². The quantitative estimate of drug-likeness (QED) is 0.393. The zero-order valence-corrected chi connectivity index (χ0v) is 18.0. The fourth-order valence-electron chi connectivity index (χ4n) is 3.77. The Morgan fingerprint density at radius 3 is 2.75 bits per heavy atom. The van der Waals surface area contributed by atoms with Crippen molar-refractivity contribution < 1.29 is 14.3 Å². The van der Waals surface area contributed by atoms with Crippen LogP contribution >= 0.6 is 0 Å². The Labute approximate surface area is 185 Å². The molecule has 2 aromatic heterocycles. The minimum atomic E-state index is -0.377. The van der Waals surface area contributed by atoms with E-state index in [1.807, 2.05) is 49.5 Å². The lowest BCUT2D eigenvalue weighted by molar-refractivity contribution is 0.0948. The summed E-state index contributed by atoms with van der Waals surface area (Å²) in [5.41, 5.74) is 8.98. The van der Waals surface area contributed by atoms with Crippen LogP contribution in [0, 0.1) is 0 Å². The molecule has 4 rings (SSSR count). The van der Waals surface area contributed by atoms with Crippen molar-refractivity contribution in [2.24, 2.45) is 0 Å². The molecule has 0 fully saturated rings. The maximum absolute atomic E-state index is 12.8. The number of nitrogens with two attached hydrogens (primary N) is 1. The normalized spacial score (nSPS) is 11.8. The van der Waals surface area contributed by atoms with Crippen molar-refractivity contribution in [2.75, 3.05) is 26.0 Å². The third-order valence-electron chi connectivity index (χ3n) is 5.29. The van der Waals surface area contributed by atoms with Crippen LogP contribution in [0.3, 0.4) is 0 Å². The van der Waals surface area contributed by atoms with Crippen molar-refractivity contribution in [1.29, 1.82) is 0 Å². The third-order valence-corrected chi connectivity index (χ3v) is 5.29. The molecular formula is C24H25N5O3. The van der Waals surface area contributed by atoms with Gasteiger partial charge in [-0.15, -0.1) is 0 Å². The van der Waals surface area contributed by atoms with E-state index >= 15 is 0 Å². The van der Waals surface area contributed by atoms with E-state index in [-0.39, 0.29) is 23.3 Å². The van der Waals surface area contributed by atoms with Gasteiger partial charge in [-0.1, -0.05) is 24.3 Å². The molecule has 0 saturated carbocycles. The van der Waals surface area contributed by atoms with Crippen molar-refractivity contribution in [3.05, 3.63) is 77.9 Å². The molecule has 4 aromatic rings. The summed E-state index contributed by atoms with van der Waals surface area (Å²) >= 11 is 0. The summed E-state index contributed by atoms with van der Waals surface area (Å²) in [5, 5.41) is 4.04. The van der Waals surface area contributed by atoms with Crippen LogP contribution in [0.1, 0.15) is 34.5 Å². The van der Waals surface area contributed by atoms with E-state index in [1.165, 1.54) is 12.4 Å². The highest BCUT2D eigenvalue weighted by Gasteiger charge is 2.22. The van der Waals surface area contributed by atoms with Crippen molar-refractivity contribution in [1.82, 2.24) is 20.3 Å². The van der Waals surface area contributed by atoms with Crippen molar-refractivity contribution in [3.8, 4) is 11.5 Å². The predicted octanol–water partition coefficient (Wildman–Crippen LogP) is 3.51. The number of rotatable bonds is 8. The number of hydrogen-bond acceptors (Lipinski definition) is 6. The van der Waals surface area contributed by atoms with Gasteiger partial charge in [0.2, 0.25) is 0 Å². The maximum atomic E-state index is 12.8. The number of H-pyrrole nitrogens is 1. The maximum Gasteiger partial charge on any atom is 0.273 e. The van der Waals surface area contributed by atoms with E-state index in [0.717, 1.165) is 22.0 Å². The lowest BCUT2D eigenvalue weighted by atomic mass is 9.90. The van der Waals surface area contributed by atoms with Gasteiger partial charge in [0.25, 0.3) is 5.91 Å². The average Bonchev–Trinajstić information content (AvgIpc) is 3.24. The van der Waals surface area contributed by atoms with Crippen LogP contribution in [-0.4, -0.2) is 41.1 Å². The van der Waals surface area contributed by atoms with Crippen LogP contribution < -0.4 is 20.5 Å². The standard InChI is InChI=1S/C24H25N5O3/c1-3-32-20-9-8-15(12-21(20)31-2)17(18-14-28-19-7-5-4-6-16(18)19)13-29-24(30)22-23(25)27-11-10-26-22/h4-12,14,17,28H,3,13H2,1-2H3,(H2,25,27)(H,29,30)/t17-/m0/s1. The molecule has 0 spiro atoms. The fourth-order valence-corrected chi connectivity index (χ4v) is 3.77. The number of para-hydroxylation sites is 1. The highest BCUT2D eigenvalue weighted by Crippen LogP contribution is 2.35. The third kappa shape index (κ3) is 4.20. The van der Waals surface area contributed by atoms with E-state index in [0.29, 0.717) is 24.7 Å². The number of aromatic nitrogens is 3.